The van der Waals surface area contributed by atoms with E-state index in [1.54, 1.807) is 16.8 Å². The second-order valence-electron chi connectivity index (χ2n) is 5.79. The topological polar surface area (TPSA) is 59.8 Å². The van der Waals surface area contributed by atoms with Crippen molar-refractivity contribution in [1.29, 1.82) is 0 Å². The van der Waals surface area contributed by atoms with Crippen molar-refractivity contribution in [1.82, 2.24) is 14.8 Å². The fourth-order valence-corrected chi connectivity index (χ4v) is 3.40. The maximum atomic E-state index is 12.3. The van der Waals surface area contributed by atoms with Crippen LogP contribution >= 0.6 is 11.3 Å². The van der Waals surface area contributed by atoms with Crippen LogP contribution in [-0.4, -0.2) is 20.7 Å². The Labute approximate surface area is 155 Å². The lowest BCUT2D eigenvalue weighted by molar-refractivity contribution is 0.102. The van der Waals surface area contributed by atoms with Gasteiger partial charge in [-0.2, -0.15) is 5.10 Å². The molecule has 2 heterocycles. The average molecular weight is 360 g/mol. The summed E-state index contributed by atoms with van der Waals surface area (Å²) in [5, 5.41) is 9.93. The van der Waals surface area contributed by atoms with E-state index in [0.29, 0.717) is 10.7 Å². The van der Waals surface area contributed by atoms with E-state index in [4.69, 9.17) is 0 Å². The quantitative estimate of drug-likeness (QED) is 0.584. The standard InChI is InChI=1S/C20H16N4OS/c1-24-12-16(18(23-24)14-8-4-2-5-9-14)17-13-26-20(21-17)22-19(25)15-10-6-3-7-11-15/h2-13H,1H3,(H,21,22,25). The zero-order valence-corrected chi connectivity index (χ0v) is 14.9. The van der Waals surface area contributed by atoms with Gasteiger partial charge in [-0.25, -0.2) is 4.98 Å². The van der Waals surface area contributed by atoms with Gasteiger partial charge in [-0.1, -0.05) is 48.5 Å². The number of aromatic nitrogens is 3. The molecule has 1 N–H and O–H groups in total. The highest BCUT2D eigenvalue weighted by Gasteiger charge is 2.16. The van der Waals surface area contributed by atoms with Crippen LogP contribution in [0.3, 0.4) is 0 Å². The van der Waals surface area contributed by atoms with Crippen LogP contribution in [0.2, 0.25) is 0 Å². The molecule has 2 aromatic carbocycles. The van der Waals surface area contributed by atoms with Crippen molar-refractivity contribution >= 4 is 22.4 Å². The second kappa shape index (κ2) is 6.93. The van der Waals surface area contributed by atoms with Crippen LogP contribution < -0.4 is 5.32 Å². The lowest BCUT2D eigenvalue weighted by Gasteiger charge is -2.01. The van der Waals surface area contributed by atoms with Crippen molar-refractivity contribution in [3.63, 3.8) is 0 Å². The lowest BCUT2D eigenvalue weighted by atomic mass is 10.1. The van der Waals surface area contributed by atoms with Crippen LogP contribution in [0.15, 0.2) is 72.2 Å². The Morgan fingerprint density at radius 1 is 1.04 bits per heavy atom. The zero-order valence-electron chi connectivity index (χ0n) is 14.1. The molecule has 0 bridgehead atoms. The fraction of sp³-hybridized carbons (Fsp3) is 0.0500. The van der Waals surface area contributed by atoms with Crippen LogP contribution in [0.25, 0.3) is 22.5 Å². The second-order valence-corrected chi connectivity index (χ2v) is 6.65. The van der Waals surface area contributed by atoms with Gasteiger partial charge in [0.05, 0.1) is 5.69 Å². The van der Waals surface area contributed by atoms with Crippen LogP contribution in [0.4, 0.5) is 5.13 Å². The first-order chi connectivity index (χ1) is 12.7. The summed E-state index contributed by atoms with van der Waals surface area (Å²) in [6.07, 6.45) is 1.94. The molecular weight excluding hydrogens is 344 g/mol. The number of hydrogen-bond acceptors (Lipinski definition) is 4. The van der Waals surface area contributed by atoms with E-state index in [0.717, 1.165) is 22.5 Å². The average Bonchev–Trinajstić information content (AvgIpc) is 3.29. The zero-order chi connectivity index (χ0) is 17.9. The van der Waals surface area contributed by atoms with Crippen molar-refractivity contribution in [3.05, 3.63) is 77.8 Å². The molecule has 5 nitrogen and oxygen atoms in total. The van der Waals surface area contributed by atoms with E-state index in [2.05, 4.69) is 15.4 Å². The number of nitrogens with one attached hydrogen (secondary N) is 1. The number of carbonyl (C=O) groups excluding carboxylic acids is 1. The molecule has 2 aromatic heterocycles. The Kier molecular flexibility index (Phi) is 4.33. The normalized spacial score (nSPS) is 10.7. The number of anilines is 1. The monoisotopic (exact) mass is 360 g/mol. The third-order valence-electron chi connectivity index (χ3n) is 3.91. The molecule has 0 fully saturated rings. The van der Waals surface area contributed by atoms with Gasteiger partial charge in [-0.05, 0) is 12.1 Å². The highest BCUT2D eigenvalue weighted by molar-refractivity contribution is 7.14. The largest absolute Gasteiger partial charge is 0.298 e. The number of aryl methyl sites for hydroxylation is 1. The van der Waals surface area contributed by atoms with Gasteiger partial charge in [-0.15, -0.1) is 11.3 Å². The van der Waals surface area contributed by atoms with Gasteiger partial charge in [0.2, 0.25) is 0 Å². The molecule has 0 unspecified atom stereocenters. The van der Waals surface area contributed by atoms with Crippen molar-refractivity contribution in [3.8, 4) is 22.5 Å². The minimum absolute atomic E-state index is 0.166. The Hall–Kier alpha value is -3.25. The lowest BCUT2D eigenvalue weighted by Crippen LogP contribution is -2.11. The van der Waals surface area contributed by atoms with Crippen molar-refractivity contribution in [2.75, 3.05) is 5.32 Å². The van der Waals surface area contributed by atoms with Gasteiger partial charge >= 0.3 is 0 Å². The Balaban J connectivity index is 1.62. The minimum atomic E-state index is -0.166. The molecule has 128 valence electrons. The van der Waals surface area contributed by atoms with Crippen molar-refractivity contribution in [2.45, 2.75) is 0 Å². The molecule has 1 amide bonds. The first-order valence-corrected chi connectivity index (χ1v) is 9.00. The fourth-order valence-electron chi connectivity index (χ4n) is 2.70. The van der Waals surface area contributed by atoms with E-state index in [-0.39, 0.29) is 5.91 Å². The van der Waals surface area contributed by atoms with Gasteiger partial charge in [0.1, 0.15) is 5.69 Å². The molecule has 0 radical (unpaired) electrons. The molecule has 0 aliphatic rings. The summed E-state index contributed by atoms with van der Waals surface area (Å²) in [7, 11) is 1.89. The number of nitrogens with zero attached hydrogens (tertiary/aromatic N) is 3. The summed E-state index contributed by atoms with van der Waals surface area (Å²) in [6.45, 7) is 0. The van der Waals surface area contributed by atoms with E-state index >= 15 is 0 Å². The molecule has 4 rings (SSSR count). The Morgan fingerprint density at radius 3 is 2.46 bits per heavy atom. The van der Waals surface area contributed by atoms with E-state index in [9.17, 15) is 4.79 Å². The molecular formula is C20H16N4OS. The van der Waals surface area contributed by atoms with Gasteiger partial charge in [0.25, 0.3) is 5.91 Å². The number of benzene rings is 2. The summed E-state index contributed by atoms with van der Waals surface area (Å²) in [4.78, 5) is 16.9. The highest BCUT2D eigenvalue weighted by Crippen LogP contribution is 2.32. The molecule has 0 aliphatic carbocycles. The molecule has 26 heavy (non-hydrogen) atoms. The number of hydrogen-bond donors (Lipinski definition) is 1. The van der Waals surface area contributed by atoms with E-state index in [1.165, 1.54) is 11.3 Å². The summed E-state index contributed by atoms with van der Waals surface area (Å²) >= 11 is 1.40. The van der Waals surface area contributed by atoms with Gasteiger partial charge < -0.3 is 0 Å². The van der Waals surface area contributed by atoms with Gasteiger partial charge in [0.15, 0.2) is 5.13 Å². The number of carbonyl (C=O) groups is 1. The van der Waals surface area contributed by atoms with Crippen molar-refractivity contribution in [2.24, 2.45) is 7.05 Å². The summed E-state index contributed by atoms with van der Waals surface area (Å²) in [6, 6.07) is 19.1. The first kappa shape index (κ1) is 16.2. The molecule has 0 aliphatic heterocycles. The van der Waals surface area contributed by atoms with Crippen molar-refractivity contribution < 1.29 is 4.79 Å². The third-order valence-corrected chi connectivity index (χ3v) is 4.67. The summed E-state index contributed by atoms with van der Waals surface area (Å²) < 4.78 is 1.78. The molecule has 0 saturated heterocycles. The van der Waals surface area contributed by atoms with Crippen LogP contribution in [0.5, 0.6) is 0 Å². The minimum Gasteiger partial charge on any atom is -0.298 e. The predicted molar refractivity (Wildman–Crippen MR) is 104 cm³/mol. The number of thiazole rings is 1. The smallest absolute Gasteiger partial charge is 0.257 e. The summed E-state index contributed by atoms with van der Waals surface area (Å²) in [5.74, 6) is -0.166. The number of rotatable bonds is 4. The van der Waals surface area contributed by atoms with Crippen LogP contribution in [0, 0.1) is 0 Å². The third kappa shape index (κ3) is 3.27. The molecule has 0 saturated carbocycles. The SMILES string of the molecule is Cn1cc(-c2csc(NC(=O)c3ccccc3)n2)c(-c2ccccc2)n1. The molecule has 4 aromatic rings. The number of amides is 1. The summed E-state index contributed by atoms with van der Waals surface area (Å²) in [5.41, 5.74) is 4.25. The van der Waals surface area contributed by atoms with Crippen LogP contribution in [0.1, 0.15) is 10.4 Å². The molecule has 0 spiro atoms. The molecule has 6 heteroatoms. The Morgan fingerprint density at radius 2 is 1.73 bits per heavy atom. The maximum absolute atomic E-state index is 12.3. The molecule has 0 atom stereocenters. The van der Waals surface area contributed by atoms with Gasteiger partial charge in [0, 0.05) is 35.3 Å². The maximum Gasteiger partial charge on any atom is 0.257 e. The van der Waals surface area contributed by atoms with Gasteiger partial charge in [-0.3, -0.25) is 14.8 Å². The highest BCUT2D eigenvalue weighted by atomic mass is 32.1. The Bertz CT molecular complexity index is 1040. The van der Waals surface area contributed by atoms with E-state index in [1.807, 2.05) is 67.2 Å². The van der Waals surface area contributed by atoms with E-state index < -0.39 is 0 Å². The predicted octanol–water partition coefficient (Wildman–Crippen LogP) is 4.46. The first-order valence-electron chi connectivity index (χ1n) is 8.12. The van der Waals surface area contributed by atoms with Crippen LogP contribution in [-0.2, 0) is 7.05 Å².